The summed E-state index contributed by atoms with van der Waals surface area (Å²) < 4.78 is 32.1. The van der Waals surface area contributed by atoms with E-state index in [0.717, 1.165) is 43.4 Å². The minimum atomic E-state index is -3.52. The van der Waals surface area contributed by atoms with E-state index in [4.69, 9.17) is 21.1 Å². The van der Waals surface area contributed by atoms with Crippen LogP contribution in [0.25, 0.3) is 0 Å². The van der Waals surface area contributed by atoms with Crippen molar-refractivity contribution in [3.63, 3.8) is 0 Å². The lowest BCUT2D eigenvalue weighted by Crippen LogP contribution is -2.43. The molecule has 9 nitrogen and oxygen atoms in total. The number of amides is 2. The Morgan fingerprint density at radius 1 is 1.13 bits per heavy atom. The zero-order valence-corrected chi connectivity index (χ0v) is 27.9. The number of aliphatic hydroxyl groups excluding tert-OH is 1. The first-order chi connectivity index (χ1) is 21.4. The number of anilines is 1. The first kappa shape index (κ1) is 33.3. The largest absolute Gasteiger partial charge is 0.491 e. The molecule has 2 aromatic carbocycles. The van der Waals surface area contributed by atoms with E-state index in [1.54, 1.807) is 39.0 Å². The smallest absolute Gasteiger partial charge is 0.420 e. The van der Waals surface area contributed by atoms with Gasteiger partial charge in [0, 0.05) is 23.7 Å². The van der Waals surface area contributed by atoms with Gasteiger partial charge in [0.05, 0.1) is 24.2 Å². The molecule has 2 amide bonds. The van der Waals surface area contributed by atoms with Gasteiger partial charge in [0.25, 0.3) is 5.91 Å². The van der Waals surface area contributed by atoms with Gasteiger partial charge in [0.1, 0.15) is 21.3 Å². The van der Waals surface area contributed by atoms with Crippen molar-refractivity contribution in [1.82, 2.24) is 4.72 Å². The number of halogens is 1. The van der Waals surface area contributed by atoms with Gasteiger partial charge < -0.3 is 19.5 Å². The molecule has 5 rings (SSSR count). The third-order valence-corrected chi connectivity index (χ3v) is 10.6. The quantitative estimate of drug-likeness (QED) is 0.322. The normalized spacial score (nSPS) is 26.8. The highest BCUT2D eigenvalue weighted by atomic mass is 35.5. The van der Waals surface area contributed by atoms with E-state index in [-0.39, 0.29) is 23.2 Å². The molecule has 0 aromatic heterocycles. The Morgan fingerprint density at radius 2 is 1.96 bits per heavy atom. The zero-order valence-electron chi connectivity index (χ0n) is 26.3. The predicted octanol–water partition coefficient (Wildman–Crippen LogP) is 6.85. The molecule has 45 heavy (non-hydrogen) atoms. The second-order valence-electron chi connectivity index (χ2n) is 13.2. The van der Waals surface area contributed by atoms with Gasteiger partial charge in [-0.05, 0) is 119 Å². The maximum Gasteiger partial charge on any atom is 0.420 e. The standard InChI is InChI=1S/C34H44ClN3O6S/c1-34(2,3)44-33(41)37-45(42)18-8-4-5-10-30(39)28-15-12-26(28)22-38-21-25-11-14-27(35)19-23(25)9-6-7-17-43-31-16-13-24(20-29(31)38)32(40)36-45/h5,10-11,13-14,16,19-20,26,28,30,39H,4,6-9,12,15,17-18,21-22H2,1-3H3,(H,36,37,40,41,42)/b10-5+/t26-,28+,30-,45+/m0/s1. The number of allylic oxidation sites excluding steroid dienone is 1. The Morgan fingerprint density at radius 3 is 2.71 bits per heavy atom. The molecule has 2 aliphatic heterocycles. The van der Waals surface area contributed by atoms with E-state index in [0.29, 0.717) is 43.3 Å². The predicted molar refractivity (Wildman–Crippen MR) is 177 cm³/mol. The number of ether oxygens (including phenoxy) is 2. The van der Waals surface area contributed by atoms with Crippen molar-refractivity contribution in [2.45, 2.75) is 84.0 Å². The molecule has 0 saturated heterocycles. The fourth-order valence-electron chi connectivity index (χ4n) is 6.12. The Bertz CT molecular complexity index is 1560. The lowest BCUT2D eigenvalue weighted by Gasteiger charge is -2.42. The van der Waals surface area contributed by atoms with Crippen molar-refractivity contribution in [3.05, 3.63) is 70.3 Å². The van der Waals surface area contributed by atoms with Gasteiger partial charge in [-0.25, -0.2) is 13.7 Å². The Balaban J connectivity index is 1.59. The van der Waals surface area contributed by atoms with Crippen molar-refractivity contribution < 1.29 is 28.4 Å². The summed E-state index contributed by atoms with van der Waals surface area (Å²) in [7, 11) is -3.52. The first-order valence-corrected chi connectivity index (χ1v) is 17.9. The molecule has 1 saturated carbocycles. The SMILES string of the molecule is CC(C)(C)OC(=O)N[S@]1(=O)=NC(=O)c2ccc3c(c2)N(Cc2ccc(Cl)cc2CCCCO3)C[C@@H]2CC[C@H]2[C@@H](O)/C=C/CCC1. The molecule has 11 heteroatoms. The van der Waals surface area contributed by atoms with Gasteiger partial charge in [-0.15, -0.1) is 4.36 Å². The van der Waals surface area contributed by atoms with Crippen LogP contribution in [-0.2, 0) is 27.6 Å². The summed E-state index contributed by atoms with van der Waals surface area (Å²) in [6, 6.07) is 11.1. The number of carbonyl (C=O) groups excluding carboxylic acids is 2. The number of fused-ring (bicyclic) bond motifs is 3. The van der Waals surface area contributed by atoms with Gasteiger partial charge in [0.2, 0.25) is 0 Å². The molecule has 2 aromatic rings. The summed E-state index contributed by atoms with van der Waals surface area (Å²) in [5.41, 5.74) is 2.48. The van der Waals surface area contributed by atoms with Crippen molar-refractivity contribution in [2.75, 3.05) is 23.8 Å². The lowest BCUT2D eigenvalue weighted by molar-refractivity contribution is 0.0460. The molecule has 0 unspecified atom stereocenters. The summed E-state index contributed by atoms with van der Waals surface area (Å²) >= 11 is 6.40. The Hall–Kier alpha value is -3.08. The maximum atomic E-state index is 14.0. The van der Waals surface area contributed by atoms with E-state index >= 15 is 0 Å². The monoisotopic (exact) mass is 657 g/mol. The molecule has 2 N–H and O–H groups in total. The fourth-order valence-corrected chi connectivity index (χ4v) is 7.79. The Kier molecular flexibility index (Phi) is 10.5. The van der Waals surface area contributed by atoms with Gasteiger partial charge in [-0.2, -0.15) is 0 Å². The number of carbonyl (C=O) groups is 2. The minimum Gasteiger partial charge on any atom is -0.491 e. The summed E-state index contributed by atoms with van der Waals surface area (Å²) in [5, 5.41) is 11.8. The molecule has 3 aliphatic rings. The number of rotatable bonds is 1. The second kappa shape index (κ2) is 14.1. The highest BCUT2D eigenvalue weighted by molar-refractivity contribution is 7.92. The van der Waals surface area contributed by atoms with Gasteiger partial charge in [-0.3, -0.25) is 4.79 Å². The zero-order chi connectivity index (χ0) is 32.2. The lowest BCUT2D eigenvalue weighted by atomic mass is 9.70. The number of hydrogen-bond acceptors (Lipinski definition) is 7. The molecule has 2 bridgehead atoms. The molecular weight excluding hydrogens is 614 g/mol. The van der Waals surface area contributed by atoms with E-state index < -0.39 is 33.6 Å². The number of hydrogen-bond donors (Lipinski definition) is 2. The van der Waals surface area contributed by atoms with Crippen LogP contribution in [0.4, 0.5) is 10.5 Å². The highest BCUT2D eigenvalue weighted by Gasteiger charge is 2.37. The van der Waals surface area contributed by atoms with Crippen molar-refractivity contribution >= 4 is 39.2 Å². The van der Waals surface area contributed by atoms with Crippen LogP contribution >= 0.6 is 11.6 Å². The molecular formula is C34H44ClN3O6S. The number of aryl methyl sites for hydroxylation is 1. The molecule has 4 atom stereocenters. The molecule has 1 aliphatic carbocycles. The molecule has 0 radical (unpaired) electrons. The van der Waals surface area contributed by atoms with Crippen LogP contribution in [0.5, 0.6) is 5.75 Å². The van der Waals surface area contributed by atoms with Crippen LogP contribution in [0.2, 0.25) is 5.02 Å². The first-order valence-electron chi connectivity index (χ1n) is 15.8. The molecule has 2 heterocycles. The number of benzene rings is 2. The number of nitrogens with one attached hydrogen (secondary N) is 1. The fraction of sp³-hybridized carbons (Fsp3) is 0.529. The van der Waals surface area contributed by atoms with E-state index in [2.05, 4.69) is 20.1 Å². The van der Waals surface area contributed by atoms with E-state index in [9.17, 15) is 18.9 Å². The molecule has 1 fully saturated rings. The third-order valence-electron chi connectivity index (χ3n) is 8.54. The van der Waals surface area contributed by atoms with Crippen molar-refractivity contribution in [2.24, 2.45) is 16.2 Å². The van der Waals surface area contributed by atoms with Gasteiger partial charge >= 0.3 is 6.09 Å². The van der Waals surface area contributed by atoms with Gasteiger partial charge in [0.15, 0.2) is 0 Å². The summed E-state index contributed by atoms with van der Waals surface area (Å²) in [6.45, 7) is 6.83. The summed E-state index contributed by atoms with van der Waals surface area (Å²) in [6.07, 6.45) is 7.65. The highest BCUT2D eigenvalue weighted by Crippen LogP contribution is 2.41. The van der Waals surface area contributed by atoms with Crippen LogP contribution < -0.4 is 14.4 Å². The average molecular weight is 658 g/mol. The Labute approximate surface area is 271 Å². The van der Waals surface area contributed by atoms with Crippen LogP contribution in [0.15, 0.2) is 52.9 Å². The second-order valence-corrected chi connectivity index (χ2v) is 15.7. The number of nitrogens with zero attached hydrogens (tertiary/aromatic N) is 2. The van der Waals surface area contributed by atoms with Crippen LogP contribution in [0.3, 0.4) is 0 Å². The maximum absolute atomic E-state index is 14.0. The minimum absolute atomic E-state index is 0.0516. The third kappa shape index (κ3) is 8.80. The molecule has 0 spiro atoms. The number of aliphatic hydroxyl groups is 1. The van der Waals surface area contributed by atoms with Crippen molar-refractivity contribution in [3.8, 4) is 5.75 Å². The summed E-state index contributed by atoms with van der Waals surface area (Å²) in [5.74, 6) is 0.240. The van der Waals surface area contributed by atoms with Gasteiger partial charge in [-0.1, -0.05) is 29.8 Å². The van der Waals surface area contributed by atoms with E-state index in [1.807, 2.05) is 24.3 Å². The molecule has 244 valence electrons. The van der Waals surface area contributed by atoms with Crippen LogP contribution in [0.1, 0.15) is 80.8 Å². The van der Waals surface area contributed by atoms with E-state index in [1.165, 1.54) is 5.56 Å². The van der Waals surface area contributed by atoms with Crippen LogP contribution in [0, 0.1) is 11.8 Å². The topological polar surface area (TPSA) is 118 Å². The van der Waals surface area contributed by atoms with Crippen molar-refractivity contribution in [1.29, 1.82) is 0 Å². The summed E-state index contributed by atoms with van der Waals surface area (Å²) in [4.78, 5) is 28.5. The average Bonchev–Trinajstić information content (AvgIpc) is 2.96. The van der Waals surface area contributed by atoms with Crippen LogP contribution in [-0.4, -0.2) is 51.9 Å².